The highest BCUT2D eigenvalue weighted by atomic mass is 32.1. The van der Waals surface area contributed by atoms with Crippen LogP contribution in [0.4, 0.5) is 0 Å². The van der Waals surface area contributed by atoms with Gasteiger partial charge in [-0.05, 0) is 40.5 Å². The van der Waals surface area contributed by atoms with Crippen LogP contribution in [0.5, 0.6) is 0 Å². The maximum atomic E-state index is 5.20. The van der Waals surface area contributed by atoms with E-state index < -0.39 is 0 Å². The zero-order chi connectivity index (χ0) is 36.6. The summed E-state index contributed by atoms with van der Waals surface area (Å²) in [7, 11) is 0. The Morgan fingerprint density at radius 2 is 0.709 bits per heavy atom. The topological polar surface area (TPSA) is 64.5 Å². The van der Waals surface area contributed by atoms with E-state index in [9.17, 15) is 0 Å². The molecule has 3 aromatic heterocycles. The molecular weight excluding hydrogens is 691 g/mol. The smallest absolute Gasteiger partial charge is 0.164 e. The van der Waals surface area contributed by atoms with Gasteiger partial charge in [0.2, 0.25) is 0 Å². The highest BCUT2D eigenvalue weighted by molar-refractivity contribution is 7.26. The lowest BCUT2D eigenvalue weighted by Gasteiger charge is -2.11. The van der Waals surface area contributed by atoms with Crippen LogP contribution in [0.2, 0.25) is 0 Å². The monoisotopic (exact) mass is 721 g/mol. The quantitative estimate of drug-likeness (QED) is 0.164. The molecule has 3 heterocycles. The van der Waals surface area contributed by atoms with Gasteiger partial charge < -0.3 is 0 Å². The number of fused-ring (bicyclic) bond motifs is 3. The van der Waals surface area contributed by atoms with Gasteiger partial charge in [-0.1, -0.05) is 170 Å². The Labute approximate surface area is 322 Å². The van der Waals surface area contributed by atoms with Crippen LogP contribution in [0, 0.1) is 0 Å². The van der Waals surface area contributed by atoms with Crippen molar-refractivity contribution in [3.05, 3.63) is 188 Å². The van der Waals surface area contributed by atoms with Gasteiger partial charge in [0.15, 0.2) is 23.3 Å². The van der Waals surface area contributed by atoms with Crippen LogP contribution in [0.3, 0.4) is 0 Å². The summed E-state index contributed by atoms with van der Waals surface area (Å²) in [5.41, 5.74) is 11.3. The number of nitrogens with zero attached hydrogens (tertiary/aromatic N) is 5. The zero-order valence-corrected chi connectivity index (χ0v) is 30.4. The molecule has 0 radical (unpaired) electrons. The van der Waals surface area contributed by atoms with Gasteiger partial charge in [0.1, 0.15) is 0 Å². The number of hydrogen-bond acceptors (Lipinski definition) is 6. The third-order valence-corrected chi connectivity index (χ3v) is 10.9. The van der Waals surface area contributed by atoms with E-state index in [4.69, 9.17) is 24.9 Å². The van der Waals surface area contributed by atoms with Crippen molar-refractivity contribution in [3.8, 4) is 79.1 Å². The minimum atomic E-state index is 0.635. The van der Waals surface area contributed by atoms with E-state index in [2.05, 4.69) is 121 Å². The average Bonchev–Trinajstić information content (AvgIpc) is 3.66. The molecule has 6 heteroatoms. The van der Waals surface area contributed by atoms with Crippen LogP contribution < -0.4 is 0 Å². The van der Waals surface area contributed by atoms with Crippen molar-refractivity contribution in [2.24, 2.45) is 0 Å². The average molecular weight is 722 g/mol. The zero-order valence-electron chi connectivity index (χ0n) is 29.5. The molecule has 258 valence electrons. The van der Waals surface area contributed by atoms with E-state index in [1.807, 2.05) is 66.7 Å². The van der Waals surface area contributed by atoms with Crippen LogP contribution in [0.25, 0.3) is 99.4 Å². The minimum absolute atomic E-state index is 0.635. The summed E-state index contributed by atoms with van der Waals surface area (Å²) >= 11 is 1.75. The number of aromatic nitrogens is 5. The van der Waals surface area contributed by atoms with Crippen LogP contribution in [0.15, 0.2) is 188 Å². The standard InChI is InChI=1S/C49H31N5S/c1-4-14-33(15-5-1)43-45-44(41-24-10-11-25-42(41)55-45)51-49(50-43)40-23-13-22-39(31-40)38-21-12-20-37(30-38)32-26-28-36(29-27-32)48-53-46(34-16-6-2-7-17-34)52-47(54-48)35-18-8-3-9-19-35/h1-31H. The largest absolute Gasteiger partial charge is 0.226 e. The van der Waals surface area contributed by atoms with Crippen molar-refractivity contribution in [3.63, 3.8) is 0 Å². The molecule has 7 aromatic carbocycles. The Kier molecular flexibility index (Phi) is 8.28. The summed E-state index contributed by atoms with van der Waals surface area (Å²) in [5.74, 6) is 2.64. The van der Waals surface area contributed by atoms with Crippen molar-refractivity contribution in [1.82, 2.24) is 24.9 Å². The lowest BCUT2D eigenvalue weighted by Crippen LogP contribution is -2.00. The number of hydrogen-bond donors (Lipinski definition) is 0. The Morgan fingerprint density at radius 1 is 0.291 bits per heavy atom. The molecule has 55 heavy (non-hydrogen) atoms. The van der Waals surface area contributed by atoms with Crippen LogP contribution in [0.1, 0.15) is 0 Å². The Morgan fingerprint density at radius 3 is 1.31 bits per heavy atom. The van der Waals surface area contributed by atoms with E-state index in [1.54, 1.807) is 11.3 Å². The SMILES string of the molecule is c1ccc(-c2nc(-c3ccccc3)nc(-c3ccc(-c4cccc(-c5cccc(-c6nc(-c7ccccc7)c7sc8ccccc8c7n6)c5)c4)cc3)n2)cc1. The van der Waals surface area contributed by atoms with E-state index in [0.29, 0.717) is 23.3 Å². The van der Waals surface area contributed by atoms with Gasteiger partial charge in [-0.3, -0.25) is 0 Å². The van der Waals surface area contributed by atoms with E-state index in [-0.39, 0.29) is 0 Å². The summed E-state index contributed by atoms with van der Waals surface area (Å²) < 4.78 is 2.32. The second-order valence-corrected chi connectivity index (χ2v) is 14.4. The molecule has 0 amide bonds. The number of rotatable bonds is 7. The predicted molar refractivity (Wildman–Crippen MR) is 226 cm³/mol. The molecule has 0 spiro atoms. The molecule has 0 atom stereocenters. The van der Waals surface area contributed by atoms with Gasteiger partial charge >= 0.3 is 0 Å². The third-order valence-electron chi connectivity index (χ3n) is 9.76. The van der Waals surface area contributed by atoms with Gasteiger partial charge in [-0.2, -0.15) is 0 Å². The van der Waals surface area contributed by atoms with Gasteiger partial charge in [-0.25, -0.2) is 24.9 Å². The highest BCUT2D eigenvalue weighted by Gasteiger charge is 2.17. The summed E-state index contributed by atoms with van der Waals surface area (Å²) in [5, 5.41) is 1.15. The van der Waals surface area contributed by atoms with Crippen molar-refractivity contribution in [2.45, 2.75) is 0 Å². The maximum Gasteiger partial charge on any atom is 0.164 e. The van der Waals surface area contributed by atoms with Gasteiger partial charge in [0, 0.05) is 37.9 Å². The Bertz CT molecular complexity index is 2900. The first-order chi connectivity index (χ1) is 27.2. The Hall–Kier alpha value is -7.15. The maximum absolute atomic E-state index is 5.20. The fraction of sp³-hybridized carbons (Fsp3) is 0. The highest BCUT2D eigenvalue weighted by Crippen LogP contribution is 2.40. The minimum Gasteiger partial charge on any atom is -0.226 e. The molecule has 0 fully saturated rings. The summed E-state index contributed by atoms with van der Waals surface area (Å²) in [6.45, 7) is 0. The normalized spacial score (nSPS) is 11.3. The Balaban J connectivity index is 0.994. The molecule has 0 saturated heterocycles. The summed E-state index contributed by atoms with van der Waals surface area (Å²) in [6, 6.07) is 64.7. The fourth-order valence-corrected chi connectivity index (χ4v) is 8.13. The first-order valence-electron chi connectivity index (χ1n) is 18.2. The van der Waals surface area contributed by atoms with Crippen LogP contribution >= 0.6 is 11.3 Å². The lowest BCUT2D eigenvalue weighted by molar-refractivity contribution is 1.07. The molecule has 10 aromatic rings. The predicted octanol–water partition coefficient (Wildman–Crippen LogP) is 12.7. The molecule has 0 aliphatic carbocycles. The summed E-state index contributed by atoms with van der Waals surface area (Å²) in [4.78, 5) is 25.0. The lowest BCUT2D eigenvalue weighted by atomic mass is 9.97. The molecular formula is C49H31N5S. The second kappa shape index (κ2) is 14.0. The molecule has 0 bridgehead atoms. The van der Waals surface area contributed by atoms with Crippen molar-refractivity contribution >= 4 is 31.6 Å². The first-order valence-corrected chi connectivity index (χ1v) is 19.0. The number of benzene rings is 7. The van der Waals surface area contributed by atoms with Gasteiger partial charge in [-0.15, -0.1) is 11.3 Å². The van der Waals surface area contributed by atoms with Gasteiger partial charge in [0.25, 0.3) is 0 Å². The number of thiophene rings is 1. The van der Waals surface area contributed by atoms with E-state index in [0.717, 1.165) is 71.4 Å². The fourth-order valence-electron chi connectivity index (χ4n) is 6.98. The van der Waals surface area contributed by atoms with Crippen LogP contribution in [-0.4, -0.2) is 24.9 Å². The molecule has 0 N–H and O–H groups in total. The first kappa shape index (κ1) is 32.5. The van der Waals surface area contributed by atoms with E-state index in [1.165, 1.54) is 4.70 Å². The molecule has 0 saturated carbocycles. The molecule has 10 rings (SSSR count). The summed E-state index contributed by atoms with van der Waals surface area (Å²) in [6.07, 6.45) is 0. The van der Waals surface area contributed by atoms with Crippen molar-refractivity contribution in [1.29, 1.82) is 0 Å². The molecule has 0 unspecified atom stereocenters. The van der Waals surface area contributed by atoms with Crippen LogP contribution in [-0.2, 0) is 0 Å². The molecule has 0 aliphatic rings. The third kappa shape index (κ3) is 6.35. The van der Waals surface area contributed by atoms with Gasteiger partial charge in [0.05, 0.1) is 15.9 Å². The molecule has 0 aliphatic heterocycles. The second-order valence-electron chi connectivity index (χ2n) is 13.3. The van der Waals surface area contributed by atoms with Crippen molar-refractivity contribution in [2.75, 3.05) is 0 Å². The van der Waals surface area contributed by atoms with Crippen molar-refractivity contribution < 1.29 is 0 Å². The molecule has 5 nitrogen and oxygen atoms in total. The van der Waals surface area contributed by atoms with E-state index >= 15 is 0 Å².